The Morgan fingerprint density at radius 1 is 0.492 bits per heavy atom. The van der Waals surface area contributed by atoms with E-state index in [4.69, 9.17) is 9.41 Å². The molecule has 3 heterocycles. The van der Waals surface area contributed by atoms with Crippen molar-refractivity contribution in [1.29, 1.82) is 0 Å². The molecule has 0 N–H and O–H groups in total. The van der Waals surface area contributed by atoms with Crippen LogP contribution in [0.4, 0.5) is 5.69 Å². The van der Waals surface area contributed by atoms with Crippen LogP contribution in [-0.4, -0.2) is 10.4 Å². The number of hydrogen-bond acceptors (Lipinski definition) is 2. The van der Waals surface area contributed by atoms with Gasteiger partial charge in [-0.3, -0.25) is 4.57 Å². The summed E-state index contributed by atoms with van der Waals surface area (Å²) in [5.41, 5.74) is 7.85. The highest BCUT2D eigenvalue weighted by Gasteiger charge is 2.35. The summed E-state index contributed by atoms with van der Waals surface area (Å²) in [6.45, 7) is 2.36. The lowest BCUT2D eigenvalue weighted by Crippen LogP contribution is -2.27. The number of nitrogens with zero attached hydrogens (tertiary/aromatic N) is 2. The smallest absolute Gasteiger partial charge is 0.135 e. The molecule has 59 heavy (non-hydrogen) atoms. The lowest BCUT2D eigenvalue weighted by Gasteiger charge is -2.28. The van der Waals surface area contributed by atoms with Crippen LogP contribution in [0, 0.1) is 5.92 Å². The molecule has 1 aliphatic rings. The van der Waals surface area contributed by atoms with Gasteiger partial charge in [0.05, 0.1) is 16.7 Å². The van der Waals surface area contributed by atoms with E-state index < -0.39 is 0 Å². The number of para-hydroxylation sites is 1. The molecule has 1 aliphatic heterocycles. The predicted molar refractivity (Wildman–Crippen MR) is 250 cm³/mol. The number of aliphatic imine (C=N–C) groups is 1. The molecular formula is C56H38N2O. The first-order valence-corrected chi connectivity index (χ1v) is 20.9. The summed E-state index contributed by atoms with van der Waals surface area (Å²) in [4.78, 5) is 6.02. The summed E-state index contributed by atoms with van der Waals surface area (Å²) in [6.07, 6.45) is 1.93. The number of rotatable bonds is 2. The minimum absolute atomic E-state index is 0.0152. The summed E-state index contributed by atoms with van der Waals surface area (Å²) in [5, 5.41) is 17.5. The second-order valence-corrected chi connectivity index (χ2v) is 16.5. The van der Waals surface area contributed by atoms with Crippen LogP contribution in [0.25, 0.3) is 97.6 Å². The van der Waals surface area contributed by atoms with Gasteiger partial charge in [-0.25, -0.2) is 4.99 Å². The molecule has 0 saturated carbocycles. The Balaban J connectivity index is 1.23. The molecule has 2 atom stereocenters. The first-order valence-electron chi connectivity index (χ1n) is 20.9. The van der Waals surface area contributed by atoms with Gasteiger partial charge in [0.1, 0.15) is 17.0 Å². The summed E-state index contributed by atoms with van der Waals surface area (Å²) in [6, 6.07) is 64.9. The van der Waals surface area contributed by atoms with Gasteiger partial charge >= 0.3 is 0 Å². The highest BCUT2D eigenvalue weighted by atomic mass is 16.3. The molecule has 0 spiro atoms. The van der Waals surface area contributed by atoms with Crippen molar-refractivity contribution in [3.05, 3.63) is 187 Å². The van der Waals surface area contributed by atoms with E-state index in [9.17, 15) is 0 Å². The molecular weight excluding hydrogens is 717 g/mol. The van der Waals surface area contributed by atoms with Crippen molar-refractivity contribution in [2.75, 3.05) is 0 Å². The van der Waals surface area contributed by atoms with Gasteiger partial charge in [-0.05, 0) is 96.9 Å². The molecule has 0 bridgehead atoms. The Bertz CT molecular complexity index is 3730. The van der Waals surface area contributed by atoms with Crippen molar-refractivity contribution < 1.29 is 4.42 Å². The maximum atomic E-state index is 6.40. The Labute approximate surface area is 340 Å². The third kappa shape index (κ3) is 4.61. The first-order chi connectivity index (χ1) is 29.2. The maximum Gasteiger partial charge on any atom is 0.135 e. The quantitative estimate of drug-likeness (QED) is 0.162. The molecule has 0 radical (unpaired) electrons. The summed E-state index contributed by atoms with van der Waals surface area (Å²) in [5.74, 6) is 1.34. The van der Waals surface area contributed by atoms with Gasteiger partial charge in [0.15, 0.2) is 0 Å². The van der Waals surface area contributed by atoms with Gasteiger partial charge in [-0.15, -0.1) is 0 Å². The molecule has 0 amide bonds. The topological polar surface area (TPSA) is 30.4 Å². The maximum absolute atomic E-state index is 6.40. The Morgan fingerprint density at radius 2 is 1.07 bits per heavy atom. The molecule has 0 saturated heterocycles. The third-order valence-corrected chi connectivity index (χ3v) is 13.5. The molecule has 2 aromatic heterocycles. The molecule has 3 heteroatoms. The van der Waals surface area contributed by atoms with Crippen LogP contribution in [0.5, 0.6) is 0 Å². The van der Waals surface area contributed by atoms with Crippen LogP contribution in [0.3, 0.4) is 0 Å². The van der Waals surface area contributed by atoms with Crippen LogP contribution in [0.2, 0.25) is 0 Å². The second kappa shape index (κ2) is 12.4. The fraction of sp³-hybridized carbons (Fsp3) is 0.0893. The molecule has 10 aromatic carbocycles. The van der Waals surface area contributed by atoms with Gasteiger partial charge in [-0.1, -0.05) is 159 Å². The SMILES string of the molecule is CCC1Cc2ccc3ccccc3c2N=C(n2c3ccc4ccccc4c3c3c4c5ccccc5c5ccccc5c4ccc32)C1c1ccc2oc3ccccc3c2c1. The van der Waals surface area contributed by atoms with Crippen LogP contribution in [0.15, 0.2) is 185 Å². The lowest BCUT2D eigenvalue weighted by molar-refractivity contribution is 0.475. The van der Waals surface area contributed by atoms with Gasteiger partial charge in [-0.2, -0.15) is 0 Å². The van der Waals surface area contributed by atoms with E-state index in [1.807, 2.05) is 0 Å². The average Bonchev–Trinajstić information content (AvgIpc) is 3.78. The van der Waals surface area contributed by atoms with E-state index >= 15 is 0 Å². The molecule has 278 valence electrons. The summed E-state index contributed by atoms with van der Waals surface area (Å²) < 4.78 is 8.96. The van der Waals surface area contributed by atoms with E-state index in [-0.39, 0.29) is 11.8 Å². The molecule has 2 unspecified atom stereocenters. The summed E-state index contributed by atoms with van der Waals surface area (Å²) in [7, 11) is 0. The zero-order chi connectivity index (χ0) is 38.8. The molecule has 12 aromatic rings. The predicted octanol–water partition coefficient (Wildman–Crippen LogP) is 15.4. The average molecular weight is 755 g/mol. The van der Waals surface area contributed by atoms with Crippen LogP contribution >= 0.6 is 0 Å². The fourth-order valence-corrected chi connectivity index (χ4v) is 10.8. The van der Waals surface area contributed by atoms with Gasteiger partial charge in [0.2, 0.25) is 0 Å². The van der Waals surface area contributed by atoms with E-state index in [0.717, 1.165) is 46.3 Å². The van der Waals surface area contributed by atoms with Crippen molar-refractivity contribution in [1.82, 2.24) is 4.57 Å². The molecule has 0 fully saturated rings. The van der Waals surface area contributed by atoms with E-state index in [1.54, 1.807) is 0 Å². The zero-order valence-electron chi connectivity index (χ0n) is 32.6. The monoisotopic (exact) mass is 754 g/mol. The second-order valence-electron chi connectivity index (χ2n) is 16.5. The minimum Gasteiger partial charge on any atom is -0.456 e. The molecule has 3 nitrogen and oxygen atoms in total. The lowest BCUT2D eigenvalue weighted by atomic mass is 9.79. The van der Waals surface area contributed by atoms with Gasteiger partial charge in [0.25, 0.3) is 0 Å². The largest absolute Gasteiger partial charge is 0.456 e. The standard InChI is InChI=1S/C56H38N2O/c1-2-33-31-37-24-23-35-14-4-6-16-39(35)55(37)57-56(51(33)36-26-30-50-46(32-36)43-20-11-12-22-49(43)59-50)58-47-28-25-34-13-3-5-15-38(34)53(47)54-48(58)29-27-45-42-19-8-7-17-40(42)41-18-9-10-21-44(41)52(45)54/h3-30,32-33,51H,2,31H2,1H3. The number of fused-ring (bicyclic) bond motifs is 18. The van der Waals surface area contributed by atoms with Gasteiger partial charge in [0, 0.05) is 38.2 Å². The van der Waals surface area contributed by atoms with E-state index in [2.05, 4.69) is 187 Å². The number of hydrogen-bond donors (Lipinski definition) is 0. The summed E-state index contributed by atoms with van der Waals surface area (Å²) >= 11 is 0. The van der Waals surface area contributed by atoms with E-state index in [0.29, 0.717) is 0 Å². The third-order valence-electron chi connectivity index (χ3n) is 13.5. The zero-order valence-corrected chi connectivity index (χ0v) is 32.6. The van der Waals surface area contributed by atoms with Crippen molar-refractivity contribution in [3.8, 4) is 0 Å². The van der Waals surface area contributed by atoms with Crippen LogP contribution in [0.1, 0.15) is 30.4 Å². The first kappa shape index (κ1) is 32.8. The normalized spacial score (nSPS) is 16.0. The Kier molecular flexibility index (Phi) is 6.89. The van der Waals surface area contributed by atoms with Crippen LogP contribution < -0.4 is 0 Å². The molecule has 13 rings (SSSR count). The van der Waals surface area contributed by atoms with Crippen molar-refractivity contribution in [3.63, 3.8) is 0 Å². The van der Waals surface area contributed by atoms with Crippen molar-refractivity contribution in [2.24, 2.45) is 10.9 Å². The Morgan fingerprint density at radius 3 is 1.85 bits per heavy atom. The number of furan rings is 1. The number of benzene rings is 10. The van der Waals surface area contributed by atoms with Crippen molar-refractivity contribution in [2.45, 2.75) is 25.7 Å². The minimum atomic E-state index is -0.0152. The van der Waals surface area contributed by atoms with Crippen LogP contribution in [-0.2, 0) is 6.42 Å². The highest BCUT2D eigenvalue weighted by Crippen LogP contribution is 2.48. The number of aromatic nitrogens is 1. The van der Waals surface area contributed by atoms with E-state index in [1.165, 1.54) is 86.8 Å². The fourth-order valence-electron chi connectivity index (χ4n) is 10.8. The molecule has 0 aliphatic carbocycles. The highest BCUT2D eigenvalue weighted by molar-refractivity contribution is 6.38. The Hall–Kier alpha value is -7.23. The van der Waals surface area contributed by atoms with Gasteiger partial charge < -0.3 is 4.42 Å². The van der Waals surface area contributed by atoms with Crippen molar-refractivity contribution >= 4 is 109 Å².